The van der Waals surface area contributed by atoms with Crippen molar-refractivity contribution >= 4 is 5.91 Å². The van der Waals surface area contributed by atoms with Crippen LogP contribution in [-0.2, 0) is 9.53 Å². The Labute approximate surface area is 97.1 Å². The van der Waals surface area contributed by atoms with Gasteiger partial charge >= 0.3 is 0 Å². The van der Waals surface area contributed by atoms with Crippen molar-refractivity contribution in [3.8, 4) is 0 Å². The molecule has 92 valence electrons. The minimum absolute atomic E-state index is 0.116. The molecule has 2 saturated heterocycles. The highest BCUT2D eigenvalue weighted by molar-refractivity contribution is 5.79. The van der Waals surface area contributed by atoms with Gasteiger partial charge in [-0.15, -0.1) is 0 Å². The Morgan fingerprint density at radius 3 is 2.81 bits per heavy atom. The highest BCUT2D eigenvalue weighted by atomic mass is 16.5. The molecular formula is C12H22N2O2. The largest absolute Gasteiger partial charge is 0.374 e. The van der Waals surface area contributed by atoms with Crippen molar-refractivity contribution in [3.05, 3.63) is 0 Å². The zero-order chi connectivity index (χ0) is 11.4. The van der Waals surface area contributed by atoms with Gasteiger partial charge in [0.05, 0.1) is 18.1 Å². The van der Waals surface area contributed by atoms with Crippen LogP contribution in [0.15, 0.2) is 0 Å². The summed E-state index contributed by atoms with van der Waals surface area (Å²) in [4.78, 5) is 11.8. The molecule has 2 heterocycles. The van der Waals surface area contributed by atoms with Gasteiger partial charge in [0.2, 0.25) is 5.91 Å². The number of rotatable bonds is 6. The van der Waals surface area contributed by atoms with Gasteiger partial charge in [0.25, 0.3) is 0 Å². The first-order valence-corrected chi connectivity index (χ1v) is 6.45. The van der Waals surface area contributed by atoms with Crippen LogP contribution < -0.4 is 10.6 Å². The average molecular weight is 226 g/mol. The Kier molecular flexibility index (Phi) is 4.18. The number of nitrogens with one attached hydrogen (secondary N) is 2. The van der Waals surface area contributed by atoms with Crippen LogP contribution in [0.5, 0.6) is 0 Å². The molecule has 1 amide bonds. The minimum Gasteiger partial charge on any atom is -0.374 e. The van der Waals surface area contributed by atoms with Gasteiger partial charge in [-0.1, -0.05) is 6.92 Å². The van der Waals surface area contributed by atoms with Crippen LogP contribution in [0.3, 0.4) is 0 Å². The second-order valence-corrected chi connectivity index (χ2v) is 4.76. The maximum Gasteiger partial charge on any atom is 0.225 e. The summed E-state index contributed by atoms with van der Waals surface area (Å²) in [7, 11) is 0. The van der Waals surface area contributed by atoms with Crippen LogP contribution in [0, 0.1) is 5.92 Å². The lowest BCUT2D eigenvalue weighted by Gasteiger charge is -2.17. The lowest BCUT2D eigenvalue weighted by atomic mass is 9.88. The van der Waals surface area contributed by atoms with E-state index in [-0.39, 0.29) is 17.9 Å². The van der Waals surface area contributed by atoms with Crippen molar-refractivity contribution in [2.24, 2.45) is 5.92 Å². The fraction of sp³-hybridized carbons (Fsp3) is 0.917. The smallest absolute Gasteiger partial charge is 0.225 e. The van der Waals surface area contributed by atoms with Crippen molar-refractivity contribution in [3.63, 3.8) is 0 Å². The average Bonchev–Trinajstić information content (AvgIpc) is 2.90. The van der Waals surface area contributed by atoms with E-state index in [2.05, 4.69) is 17.6 Å². The van der Waals surface area contributed by atoms with Gasteiger partial charge in [-0.05, 0) is 32.2 Å². The Hall–Kier alpha value is -0.610. The van der Waals surface area contributed by atoms with Crippen LogP contribution in [0.2, 0.25) is 0 Å². The van der Waals surface area contributed by atoms with Gasteiger partial charge < -0.3 is 15.4 Å². The van der Waals surface area contributed by atoms with E-state index in [1.165, 1.54) is 0 Å². The third-order valence-corrected chi connectivity index (χ3v) is 3.47. The number of ether oxygens (including phenoxy) is 1. The zero-order valence-electron chi connectivity index (χ0n) is 10.00. The van der Waals surface area contributed by atoms with Gasteiger partial charge in [-0.2, -0.15) is 0 Å². The van der Waals surface area contributed by atoms with Crippen LogP contribution in [0.25, 0.3) is 0 Å². The second kappa shape index (κ2) is 5.64. The van der Waals surface area contributed by atoms with E-state index in [0.29, 0.717) is 6.10 Å². The molecule has 2 aliphatic heterocycles. The monoisotopic (exact) mass is 226 g/mol. The summed E-state index contributed by atoms with van der Waals surface area (Å²) in [6, 6.07) is 0. The molecule has 2 rings (SSSR count). The first-order valence-electron chi connectivity index (χ1n) is 6.45. The molecule has 0 saturated carbocycles. The molecule has 3 unspecified atom stereocenters. The van der Waals surface area contributed by atoms with E-state index in [1.807, 2.05) is 0 Å². The first-order chi connectivity index (χ1) is 7.81. The van der Waals surface area contributed by atoms with Gasteiger partial charge in [0.15, 0.2) is 0 Å². The lowest BCUT2D eigenvalue weighted by molar-refractivity contribution is -0.126. The quantitative estimate of drug-likeness (QED) is 0.655. The molecule has 0 aromatic rings. The maximum atomic E-state index is 11.8. The molecule has 0 aliphatic carbocycles. The molecule has 0 aromatic carbocycles. The maximum absolute atomic E-state index is 11.8. The SMILES string of the molecule is CCCNCCNC(=O)C1CC2CCC1O2. The topological polar surface area (TPSA) is 50.4 Å². The summed E-state index contributed by atoms with van der Waals surface area (Å²) in [5.74, 6) is 0.301. The van der Waals surface area contributed by atoms with E-state index in [4.69, 9.17) is 4.74 Å². The highest BCUT2D eigenvalue weighted by Crippen LogP contribution is 2.38. The minimum atomic E-state index is 0.116. The molecule has 3 atom stereocenters. The summed E-state index contributed by atoms with van der Waals surface area (Å²) in [6.07, 6.45) is 4.84. The van der Waals surface area contributed by atoms with Gasteiger partial charge in [-0.25, -0.2) is 0 Å². The van der Waals surface area contributed by atoms with Crippen molar-refractivity contribution < 1.29 is 9.53 Å². The number of fused-ring (bicyclic) bond motifs is 2. The normalized spacial score (nSPS) is 31.9. The summed E-state index contributed by atoms with van der Waals surface area (Å²) < 4.78 is 5.67. The molecule has 4 nitrogen and oxygen atoms in total. The Morgan fingerprint density at radius 2 is 2.19 bits per heavy atom. The third kappa shape index (κ3) is 2.74. The summed E-state index contributed by atoms with van der Waals surface area (Å²) in [6.45, 7) is 4.75. The molecule has 2 aliphatic rings. The van der Waals surface area contributed by atoms with Crippen molar-refractivity contribution in [2.75, 3.05) is 19.6 Å². The van der Waals surface area contributed by atoms with Gasteiger partial charge in [-0.3, -0.25) is 4.79 Å². The number of amides is 1. The number of carbonyl (C=O) groups excluding carboxylic acids is 1. The Morgan fingerprint density at radius 1 is 1.31 bits per heavy atom. The first kappa shape index (κ1) is 11.9. The van der Waals surface area contributed by atoms with Gasteiger partial charge in [0.1, 0.15) is 0 Å². The molecule has 2 N–H and O–H groups in total. The predicted octanol–water partition coefficient (Wildman–Crippen LogP) is 0.670. The number of hydrogen-bond donors (Lipinski definition) is 2. The van der Waals surface area contributed by atoms with E-state index in [1.54, 1.807) is 0 Å². The fourth-order valence-electron chi connectivity index (χ4n) is 2.62. The van der Waals surface area contributed by atoms with E-state index in [0.717, 1.165) is 45.3 Å². The second-order valence-electron chi connectivity index (χ2n) is 4.76. The molecule has 0 spiro atoms. The van der Waals surface area contributed by atoms with Crippen molar-refractivity contribution in [1.82, 2.24) is 10.6 Å². The van der Waals surface area contributed by atoms with Crippen LogP contribution in [0.1, 0.15) is 32.6 Å². The predicted molar refractivity (Wildman–Crippen MR) is 62.2 cm³/mol. The Bertz CT molecular complexity index is 245. The lowest BCUT2D eigenvalue weighted by Crippen LogP contribution is -2.39. The molecule has 4 heteroatoms. The van der Waals surface area contributed by atoms with E-state index < -0.39 is 0 Å². The van der Waals surface area contributed by atoms with Crippen molar-refractivity contribution in [1.29, 1.82) is 0 Å². The number of carbonyl (C=O) groups is 1. The molecule has 0 radical (unpaired) electrons. The van der Waals surface area contributed by atoms with Crippen molar-refractivity contribution in [2.45, 2.75) is 44.8 Å². The van der Waals surface area contributed by atoms with Crippen LogP contribution in [0.4, 0.5) is 0 Å². The number of hydrogen-bond acceptors (Lipinski definition) is 3. The molecule has 0 aromatic heterocycles. The molecule has 2 bridgehead atoms. The highest BCUT2D eigenvalue weighted by Gasteiger charge is 2.44. The summed E-state index contributed by atoms with van der Waals surface area (Å²) in [5, 5.41) is 6.26. The van der Waals surface area contributed by atoms with E-state index in [9.17, 15) is 4.79 Å². The Balaban J connectivity index is 1.61. The van der Waals surface area contributed by atoms with Crippen LogP contribution in [-0.4, -0.2) is 37.7 Å². The van der Waals surface area contributed by atoms with Crippen LogP contribution >= 0.6 is 0 Å². The van der Waals surface area contributed by atoms with E-state index >= 15 is 0 Å². The zero-order valence-corrected chi connectivity index (χ0v) is 10.00. The molecule has 2 fully saturated rings. The molecular weight excluding hydrogens is 204 g/mol. The summed E-state index contributed by atoms with van der Waals surface area (Å²) >= 11 is 0. The third-order valence-electron chi connectivity index (χ3n) is 3.47. The summed E-state index contributed by atoms with van der Waals surface area (Å²) in [5.41, 5.74) is 0. The fourth-order valence-corrected chi connectivity index (χ4v) is 2.62. The molecule has 16 heavy (non-hydrogen) atoms. The van der Waals surface area contributed by atoms with Gasteiger partial charge in [0, 0.05) is 13.1 Å². The standard InChI is InChI=1S/C12H22N2O2/c1-2-5-13-6-7-14-12(15)10-8-9-3-4-11(10)16-9/h9-11,13H,2-8H2,1H3,(H,14,15).